The number of nitrogens with one attached hydrogen (secondary N) is 3. The molecule has 30 heavy (non-hydrogen) atoms. The van der Waals surface area contributed by atoms with Gasteiger partial charge in [0.05, 0.1) is 5.02 Å². The standard InChI is InChI=1S/C20H17Cl2N3O5/c21-11-7-14(22)19-10(5-16(20(29)30)25-15(19)8-11)6-17(26)24-13-3-1-12(2-4-13)23-9-18(27)28/h1-4,6-8,16,23,25H,5,9H2,(H,24,26)(H,27,28)(H,29,30)/b10-6+. The Labute approximate surface area is 181 Å². The number of aliphatic carboxylic acids is 2. The largest absolute Gasteiger partial charge is 0.480 e. The highest BCUT2D eigenvalue weighted by molar-refractivity contribution is 6.36. The number of hydrogen-bond acceptors (Lipinski definition) is 5. The summed E-state index contributed by atoms with van der Waals surface area (Å²) in [7, 11) is 0. The molecule has 3 rings (SSSR count). The molecule has 0 fully saturated rings. The second-order valence-corrected chi connectivity index (χ2v) is 7.38. The minimum Gasteiger partial charge on any atom is -0.480 e. The fourth-order valence-electron chi connectivity index (χ4n) is 3.04. The maximum absolute atomic E-state index is 12.5. The molecule has 2 aromatic rings. The van der Waals surface area contributed by atoms with Gasteiger partial charge in [0.25, 0.3) is 0 Å². The fraction of sp³-hybridized carbons (Fsp3) is 0.150. The van der Waals surface area contributed by atoms with E-state index in [4.69, 9.17) is 28.3 Å². The SMILES string of the molecule is O=C(O)CNc1ccc(NC(=O)/C=C2\CC(C(=O)O)Nc3cc(Cl)cc(Cl)c32)cc1. The molecule has 5 N–H and O–H groups in total. The van der Waals surface area contributed by atoms with E-state index in [1.54, 1.807) is 30.3 Å². The van der Waals surface area contributed by atoms with E-state index in [-0.39, 0.29) is 13.0 Å². The van der Waals surface area contributed by atoms with E-state index < -0.39 is 23.9 Å². The summed E-state index contributed by atoms with van der Waals surface area (Å²) < 4.78 is 0. The predicted molar refractivity (Wildman–Crippen MR) is 115 cm³/mol. The highest BCUT2D eigenvalue weighted by Gasteiger charge is 2.29. The van der Waals surface area contributed by atoms with Crippen molar-refractivity contribution >= 4 is 63.7 Å². The van der Waals surface area contributed by atoms with Crippen LogP contribution in [0.5, 0.6) is 0 Å². The van der Waals surface area contributed by atoms with E-state index in [0.29, 0.717) is 38.2 Å². The number of rotatable bonds is 6. The quantitative estimate of drug-likeness (QED) is 0.424. The van der Waals surface area contributed by atoms with Crippen molar-refractivity contribution in [2.24, 2.45) is 0 Å². The van der Waals surface area contributed by atoms with Crippen LogP contribution in [0.25, 0.3) is 5.57 Å². The van der Waals surface area contributed by atoms with E-state index in [9.17, 15) is 19.5 Å². The van der Waals surface area contributed by atoms with Crippen LogP contribution in [0.3, 0.4) is 0 Å². The number of amides is 1. The van der Waals surface area contributed by atoms with Crippen LogP contribution in [0.1, 0.15) is 12.0 Å². The Hall–Kier alpha value is -3.23. The fourth-order valence-corrected chi connectivity index (χ4v) is 3.66. The molecule has 0 saturated heterocycles. The molecular weight excluding hydrogens is 433 g/mol. The molecule has 156 valence electrons. The van der Waals surface area contributed by atoms with E-state index in [0.717, 1.165) is 0 Å². The van der Waals surface area contributed by atoms with Gasteiger partial charge in [0.1, 0.15) is 12.6 Å². The Morgan fingerprint density at radius 1 is 1.10 bits per heavy atom. The molecule has 2 aromatic carbocycles. The summed E-state index contributed by atoms with van der Waals surface area (Å²) >= 11 is 12.3. The summed E-state index contributed by atoms with van der Waals surface area (Å²) in [6.07, 6.45) is 1.38. The van der Waals surface area contributed by atoms with E-state index >= 15 is 0 Å². The average molecular weight is 450 g/mol. The predicted octanol–water partition coefficient (Wildman–Crippen LogP) is 3.78. The molecule has 0 aliphatic carbocycles. The van der Waals surface area contributed by atoms with Crippen LogP contribution in [-0.4, -0.2) is 40.6 Å². The molecule has 8 nitrogen and oxygen atoms in total. The highest BCUT2D eigenvalue weighted by atomic mass is 35.5. The maximum atomic E-state index is 12.5. The van der Waals surface area contributed by atoms with Crippen LogP contribution in [0.4, 0.5) is 17.1 Å². The van der Waals surface area contributed by atoms with Crippen molar-refractivity contribution < 1.29 is 24.6 Å². The Morgan fingerprint density at radius 3 is 2.40 bits per heavy atom. The molecule has 0 spiro atoms. The van der Waals surface area contributed by atoms with Crippen LogP contribution in [0, 0.1) is 0 Å². The topological polar surface area (TPSA) is 128 Å². The number of anilines is 3. The van der Waals surface area contributed by atoms with Crippen molar-refractivity contribution in [3.05, 3.63) is 58.1 Å². The van der Waals surface area contributed by atoms with Crippen molar-refractivity contribution in [2.75, 3.05) is 22.5 Å². The van der Waals surface area contributed by atoms with Crippen molar-refractivity contribution in [1.82, 2.24) is 0 Å². The summed E-state index contributed by atoms with van der Waals surface area (Å²) in [6, 6.07) is 8.65. The lowest BCUT2D eigenvalue weighted by Crippen LogP contribution is -2.33. The van der Waals surface area contributed by atoms with Gasteiger partial charge in [-0.3, -0.25) is 9.59 Å². The van der Waals surface area contributed by atoms with Crippen LogP contribution in [0.15, 0.2) is 42.5 Å². The minimum atomic E-state index is -1.06. The monoisotopic (exact) mass is 449 g/mol. The zero-order valence-electron chi connectivity index (χ0n) is 15.4. The molecule has 1 amide bonds. The lowest BCUT2D eigenvalue weighted by atomic mass is 9.92. The number of hydrogen-bond donors (Lipinski definition) is 5. The van der Waals surface area contributed by atoms with Crippen LogP contribution >= 0.6 is 23.2 Å². The third kappa shape index (κ3) is 5.22. The van der Waals surface area contributed by atoms with Gasteiger partial charge < -0.3 is 26.2 Å². The summed E-state index contributed by atoms with van der Waals surface area (Å²) in [6.45, 7) is -0.221. The van der Waals surface area contributed by atoms with Gasteiger partial charge >= 0.3 is 11.9 Å². The number of halogens is 2. The second-order valence-electron chi connectivity index (χ2n) is 6.53. The summed E-state index contributed by atoms with van der Waals surface area (Å²) in [5, 5.41) is 27.0. The van der Waals surface area contributed by atoms with Gasteiger partial charge in [0.15, 0.2) is 0 Å². The molecule has 1 aliphatic rings. The third-order valence-corrected chi connectivity index (χ3v) is 4.85. The molecule has 1 unspecified atom stereocenters. The number of carbonyl (C=O) groups is 3. The molecule has 1 heterocycles. The number of fused-ring (bicyclic) bond motifs is 1. The average Bonchev–Trinajstić information content (AvgIpc) is 2.66. The molecule has 10 heteroatoms. The molecule has 0 bridgehead atoms. The Bertz CT molecular complexity index is 1040. The number of carbonyl (C=O) groups excluding carboxylic acids is 1. The van der Waals surface area contributed by atoms with E-state index in [2.05, 4.69) is 16.0 Å². The van der Waals surface area contributed by atoms with Gasteiger partial charge in [-0.2, -0.15) is 0 Å². The first kappa shape index (κ1) is 21.5. The molecule has 0 saturated carbocycles. The van der Waals surface area contributed by atoms with Crippen LogP contribution in [0.2, 0.25) is 10.0 Å². The Morgan fingerprint density at radius 2 is 1.77 bits per heavy atom. The van der Waals surface area contributed by atoms with Gasteiger partial charge in [0.2, 0.25) is 5.91 Å². The van der Waals surface area contributed by atoms with Crippen molar-refractivity contribution in [2.45, 2.75) is 12.5 Å². The second kappa shape index (κ2) is 9.06. The van der Waals surface area contributed by atoms with E-state index in [1.807, 2.05) is 0 Å². The first-order valence-electron chi connectivity index (χ1n) is 8.79. The lowest BCUT2D eigenvalue weighted by molar-refractivity contribution is -0.138. The lowest BCUT2D eigenvalue weighted by Gasteiger charge is -2.27. The van der Waals surface area contributed by atoms with Crippen molar-refractivity contribution in [1.29, 1.82) is 0 Å². The molecule has 1 atom stereocenters. The normalized spacial score (nSPS) is 16.3. The van der Waals surface area contributed by atoms with Crippen molar-refractivity contribution in [3.8, 4) is 0 Å². The maximum Gasteiger partial charge on any atom is 0.326 e. The first-order chi connectivity index (χ1) is 14.2. The summed E-state index contributed by atoms with van der Waals surface area (Å²) in [5.41, 5.74) is 2.52. The van der Waals surface area contributed by atoms with Gasteiger partial charge in [-0.1, -0.05) is 23.2 Å². The summed E-state index contributed by atoms with van der Waals surface area (Å²) in [5.74, 6) is -2.51. The van der Waals surface area contributed by atoms with Crippen LogP contribution < -0.4 is 16.0 Å². The molecular formula is C20H17Cl2N3O5. The summed E-state index contributed by atoms with van der Waals surface area (Å²) in [4.78, 5) is 34.6. The Balaban J connectivity index is 1.80. The zero-order chi connectivity index (χ0) is 21.8. The van der Waals surface area contributed by atoms with Gasteiger partial charge in [-0.05, 0) is 42.0 Å². The van der Waals surface area contributed by atoms with Crippen molar-refractivity contribution in [3.63, 3.8) is 0 Å². The van der Waals surface area contributed by atoms with Crippen LogP contribution in [-0.2, 0) is 14.4 Å². The molecule has 0 radical (unpaired) electrons. The molecule has 0 aromatic heterocycles. The Kier molecular flexibility index (Phi) is 6.49. The number of carboxylic acids is 2. The van der Waals surface area contributed by atoms with Gasteiger partial charge in [-0.15, -0.1) is 0 Å². The third-order valence-electron chi connectivity index (χ3n) is 4.33. The van der Waals surface area contributed by atoms with Gasteiger partial charge in [0, 0.05) is 40.1 Å². The smallest absolute Gasteiger partial charge is 0.326 e. The number of benzene rings is 2. The zero-order valence-corrected chi connectivity index (χ0v) is 16.9. The molecule has 1 aliphatic heterocycles. The highest BCUT2D eigenvalue weighted by Crippen LogP contribution is 2.40. The first-order valence-corrected chi connectivity index (χ1v) is 9.54. The number of carboxylic acid groups (broad SMARTS) is 2. The van der Waals surface area contributed by atoms with Gasteiger partial charge in [-0.25, -0.2) is 4.79 Å². The van der Waals surface area contributed by atoms with E-state index in [1.165, 1.54) is 12.1 Å². The minimum absolute atomic E-state index is 0.0646.